The molecule has 10 heteroatoms. The summed E-state index contributed by atoms with van der Waals surface area (Å²) >= 11 is 0. The minimum Gasteiger partial charge on any atom is -0.434 e. The first-order chi connectivity index (χ1) is 15.4. The van der Waals surface area contributed by atoms with Gasteiger partial charge in [0.05, 0.1) is 25.7 Å². The first-order valence-corrected chi connectivity index (χ1v) is 10.5. The largest absolute Gasteiger partial charge is 0.434 e. The molecule has 0 spiro atoms. The molecule has 2 unspecified atom stereocenters. The Kier molecular flexibility index (Phi) is 6.52. The molecular formula is C22H25N3O7. The predicted molar refractivity (Wildman–Crippen MR) is 110 cm³/mol. The van der Waals surface area contributed by atoms with E-state index >= 15 is 0 Å². The van der Waals surface area contributed by atoms with Crippen LogP contribution >= 0.6 is 0 Å². The van der Waals surface area contributed by atoms with Gasteiger partial charge in [-0.05, 0) is 25.0 Å². The lowest BCUT2D eigenvalue weighted by Gasteiger charge is -2.43. The van der Waals surface area contributed by atoms with Crippen LogP contribution in [0.2, 0.25) is 0 Å². The molecule has 3 aliphatic rings. The Labute approximate surface area is 184 Å². The molecule has 1 aromatic carbocycles. The van der Waals surface area contributed by atoms with Crippen molar-refractivity contribution < 1.29 is 33.8 Å². The second kappa shape index (κ2) is 9.49. The maximum absolute atomic E-state index is 13.5. The van der Waals surface area contributed by atoms with Crippen LogP contribution in [-0.4, -0.2) is 77.4 Å². The van der Waals surface area contributed by atoms with Crippen molar-refractivity contribution >= 4 is 23.7 Å². The number of hydrogen-bond acceptors (Lipinski definition) is 7. The van der Waals surface area contributed by atoms with E-state index < -0.39 is 36.3 Å². The van der Waals surface area contributed by atoms with E-state index in [0.29, 0.717) is 18.4 Å². The fourth-order valence-electron chi connectivity index (χ4n) is 4.11. The van der Waals surface area contributed by atoms with Gasteiger partial charge in [0.25, 0.3) is 5.91 Å². The Morgan fingerprint density at radius 2 is 1.78 bits per heavy atom. The lowest BCUT2D eigenvalue weighted by atomic mass is 9.99. The number of fused-ring (bicyclic) bond motifs is 1. The van der Waals surface area contributed by atoms with E-state index in [4.69, 9.17) is 4.74 Å². The Morgan fingerprint density at radius 3 is 2.50 bits per heavy atom. The third-order valence-electron chi connectivity index (χ3n) is 5.77. The van der Waals surface area contributed by atoms with E-state index in [2.05, 4.69) is 15.4 Å². The van der Waals surface area contributed by atoms with Gasteiger partial charge in [0.1, 0.15) is 18.1 Å². The quantitative estimate of drug-likeness (QED) is 0.421. The molecule has 0 aromatic heterocycles. The molecule has 4 rings (SSSR count). The Hall–Kier alpha value is -3.24. The first kappa shape index (κ1) is 22.0. The highest BCUT2D eigenvalue weighted by Crippen LogP contribution is 2.23. The van der Waals surface area contributed by atoms with E-state index in [9.17, 15) is 24.3 Å². The Balaban J connectivity index is 1.52. The van der Waals surface area contributed by atoms with Gasteiger partial charge in [-0.1, -0.05) is 30.4 Å². The number of benzene rings is 1. The van der Waals surface area contributed by atoms with Gasteiger partial charge in [0.15, 0.2) is 0 Å². The predicted octanol–water partition coefficient (Wildman–Crippen LogP) is -0.519. The second-order valence-electron chi connectivity index (χ2n) is 7.99. The number of nitrogens with one attached hydrogen (secondary N) is 2. The summed E-state index contributed by atoms with van der Waals surface area (Å²) in [7, 11) is 0. The Morgan fingerprint density at radius 1 is 1.03 bits per heavy atom. The maximum Gasteiger partial charge on any atom is 0.310 e. The van der Waals surface area contributed by atoms with Crippen LogP contribution in [0.15, 0.2) is 42.5 Å². The lowest BCUT2D eigenvalue weighted by molar-refractivity contribution is -0.159. The van der Waals surface area contributed by atoms with Crippen molar-refractivity contribution in [3.05, 3.63) is 48.0 Å². The first-order valence-electron chi connectivity index (χ1n) is 10.5. The van der Waals surface area contributed by atoms with E-state index in [1.54, 1.807) is 30.3 Å². The summed E-state index contributed by atoms with van der Waals surface area (Å²) < 4.78 is 10.2. The third-order valence-corrected chi connectivity index (χ3v) is 5.77. The molecule has 0 radical (unpaired) electrons. The molecule has 3 N–H and O–H groups in total. The minimum atomic E-state index is -1.43. The van der Waals surface area contributed by atoms with Gasteiger partial charge in [-0.25, -0.2) is 0 Å². The van der Waals surface area contributed by atoms with Crippen molar-refractivity contribution in [2.75, 3.05) is 13.2 Å². The molecule has 0 bridgehead atoms. The molecule has 32 heavy (non-hydrogen) atoms. The molecule has 3 heterocycles. The van der Waals surface area contributed by atoms with Crippen LogP contribution in [0.4, 0.5) is 0 Å². The summed E-state index contributed by atoms with van der Waals surface area (Å²) in [6.45, 7) is 0.224. The second-order valence-corrected chi connectivity index (χ2v) is 7.99. The number of hydrogen-bond donors (Lipinski definition) is 3. The zero-order valence-corrected chi connectivity index (χ0v) is 17.3. The molecule has 5 atom stereocenters. The van der Waals surface area contributed by atoms with Gasteiger partial charge < -0.3 is 30.1 Å². The van der Waals surface area contributed by atoms with Crippen molar-refractivity contribution in [3.8, 4) is 0 Å². The number of morpholine rings is 1. The summed E-state index contributed by atoms with van der Waals surface area (Å²) in [5, 5.41) is 15.2. The summed E-state index contributed by atoms with van der Waals surface area (Å²) in [5.41, 5.74) is 0.430. The molecule has 2 fully saturated rings. The van der Waals surface area contributed by atoms with Crippen molar-refractivity contribution in [1.29, 1.82) is 0 Å². The molecule has 2 saturated heterocycles. The smallest absolute Gasteiger partial charge is 0.310 e. The normalized spacial score (nSPS) is 31.0. The maximum atomic E-state index is 13.5. The van der Waals surface area contributed by atoms with E-state index in [-0.39, 0.29) is 37.5 Å². The zero-order valence-electron chi connectivity index (χ0n) is 17.3. The average Bonchev–Trinajstić information content (AvgIpc) is 3.10. The summed E-state index contributed by atoms with van der Waals surface area (Å²) in [4.78, 5) is 52.0. The van der Waals surface area contributed by atoms with Gasteiger partial charge in [0.2, 0.25) is 18.1 Å². The minimum absolute atomic E-state index is 0.0330. The standard InChI is InChI=1S/C22H25N3O7/c26-18-10-16(22(30)32-18)24-20(28)17-12-31-11-14-8-4-5-9-15(21(29)25(14)17)23-19(27)13-6-2-1-3-7-13/h1-7,14-17,22,30H,8-12H2,(H,23,27)(H,24,28)/b5-4-/t14-,15-,16?,17-,22?/m0/s1. The van der Waals surface area contributed by atoms with Crippen LogP contribution < -0.4 is 10.6 Å². The van der Waals surface area contributed by atoms with Gasteiger partial charge in [-0.15, -0.1) is 0 Å². The highest BCUT2D eigenvalue weighted by Gasteiger charge is 2.44. The number of aliphatic hydroxyl groups excluding tert-OH is 1. The highest BCUT2D eigenvalue weighted by molar-refractivity contribution is 5.98. The zero-order chi connectivity index (χ0) is 22.7. The fourth-order valence-corrected chi connectivity index (χ4v) is 4.11. The van der Waals surface area contributed by atoms with Crippen LogP contribution in [0.1, 0.15) is 29.6 Å². The molecule has 0 aliphatic carbocycles. The van der Waals surface area contributed by atoms with E-state index in [1.807, 2.05) is 12.2 Å². The molecular weight excluding hydrogens is 418 g/mol. The molecule has 0 saturated carbocycles. The van der Waals surface area contributed by atoms with Crippen molar-refractivity contribution in [2.24, 2.45) is 0 Å². The number of aliphatic hydroxyl groups is 1. The average molecular weight is 443 g/mol. The number of rotatable bonds is 4. The topological polar surface area (TPSA) is 134 Å². The molecule has 1 aromatic rings. The number of amides is 3. The van der Waals surface area contributed by atoms with Crippen LogP contribution in [-0.2, 0) is 23.9 Å². The van der Waals surface area contributed by atoms with Gasteiger partial charge in [-0.2, -0.15) is 0 Å². The number of nitrogens with zero attached hydrogens (tertiary/aromatic N) is 1. The van der Waals surface area contributed by atoms with Crippen LogP contribution in [0.5, 0.6) is 0 Å². The Bertz CT molecular complexity index is 919. The van der Waals surface area contributed by atoms with Gasteiger partial charge in [-0.3, -0.25) is 19.2 Å². The number of esters is 1. The van der Waals surface area contributed by atoms with E-state index in [1.165, 1.54) is 4.90 Å². The number of ether oxygens (including phenoxy) is 2. The van der Waals surface area contributed by atoms with Crippen LogP contribution in [0.3, 0.4) is 0 Å². The van der Waals surface area contributed by atoms with Crippen molar-refractivity contribution in [2.45, 2.75) is 49.7 Å². The monoisotopic (exact) mass is 443 g/mol. The number of carbonyl (C=O) groups is 4. The molecule has 10 nitrogen and oxygen atoms in total. The summed E-state index contributed by atoms with van der Waals surface area (Å²) in [6, 6.07) is 5.48. The third kappa shape index (κ3) is 4.66. The summed E-state index contributed by atoms with van der Waals surface area (Å²) in [6.07, 6.45) is 2.95. The van der Waals surface area contributed by atoms with Crippen LogP contribution in [0, 0.1) is 0 Å². The lowest BCUT2D eigenvalue weighted by Crippen LogP contribution is -2.65. The molecule has 3 aliphatic heterocycles. The number of cyclic esters (lactones) is 1. The molecule has 170 valence electrons. The molecule has 3 amide bonds. The van der Waals surface area contributed by atoms with E-state index in [0.717, 1.165) is 0 Å². The van der Waals surface area contributed by atoms with Gasteiger partial charge >= 0.3 is 5.97 Å². The van der Waals surface area contributed by atoms with Crippen molar-refractivity contribution in [3.63, 3.8) is 0 Å². The number of carbonyl (C=O) groups excluding carboxylic acids is 4. The fraction of sp³-hybridized carbons (Fsp3) is 0.455. The van der Waals surface area contributed by atoms with Crippen molar-refractivity contribution in [1.82, 2.24) is 15.5 Å². The SMILES string of the molecule is O=C1CC(NC(=O)[C@@H]2COC[C@@H]3C/C=C\C[C@H](NC(=O)c4ccccc4)C(=O)N32)C(O)O1. The highest BCUT2D eigenvalue weighted by atomic mass is 16.6. The summed E-state index contributed by atoms with van der Waals surface area (Å²) in [5.74, 6) is -1.93. The van der Waals surface area contributed by atoms with Gasteiger partial charge in [0, 0.05) is 5.56 Å². The van der Waals surface area contributed by atoms with Crippen LogP contribution in [0.25, 0.3) is 0 Å².